The van der Waals surface area contributed by atoms with Crippen LogP contribution in [0.3, 0.4) is 0 Å². The number of halogens is 1. The summed E-state index contributed by atoms with van der Waals surface area (Å²) in [6.45, 7) is 6.03. The molecular weight excluding hydrogens is 509 g/mol. The molecule has 31 heavy (non-hydrogen) atoms. The van der Waals surface area contributed by atoms with Crippen LogP contribution < -0.4 is 5.43 Å². The lowest BCUT2D eigenvalue weighted by Gasteiger charge is -2.10. The highest BCUT2D eigenvalue weighted by Crippen LogP contribution is 2.21. The molecule has 2 N–H and O–H groups in total. The number of esters is 1. The number of hydrogen-bond acceptors (Lipinski definition) is 5. The smallest absolute Gasteiger partial charge is 0.338 e. The van der Waals surface area contributed by atoms with E-state index in [4.69, 9.17) is 4.74 Å². The predicted octanol–water partition coefficient (Wildman–Crippen LogP) is 4.34. The third kappa shape index (κ3) is 5.13. The molecule has 3 rings (SSSR count). The summed E-state index contributed by atoms with van der Waals surface area (Å²) < 4.78 is 7.73. The van der Waals surface area contributed by atoms with Gasteiger partial charge in [0.05, 0.1) is 22.0 Å². The van der Waals surface area contributed by atoms with Gasteiger partial charge < -0.3 is 14.4 Å². The number of phenols is 1. The van der Waals surface area contributed by atoms with Gasteiger partial charge in [0.1, 0.15) is 5.75 Å². The van der Waals surface area contributed by atoms with Gasteiger partial charge in [-0.3, -0.25) is 4.79 Å². The number of hydrogen-bond donors (Lipinski definition) is 2. The third-order valence-corrected chi connectivity index (χ3v) is 5.60. The molecule has 8 heteroatoms. The summed E-state index contributed by atoms with van der Waals surface area (Å²) in [6, 6.07) is 13.8. The zero-order valence-electron chi connectivity index (χ0n) is 17.3. The summed E-state index contributed by atoms with van der Waals surface area (Å²) >= 11 is 1.99. The minimum atomic E-state index is -0.411. The fourth-order valence-electron chi connectivity index (χ4n) is 3.16. The van der Waals surface area contributed by atoms with E-state index in [-0.39, 0.29) is 11.7 Å². The largest absolute Gasteiger partial charge is 0.507 e. The van der Waals surface area contributed by atoms with Gasteiger partial charge in [0.15, 0.2) is 0 Å². The number of benzene rings is 2. The standard InChI is InChI=1S/C23H22IN3O4/c1-4-31-23(30)16-5-8-19(9-6-16)27-14(2)11-18(15(27)3)13-25-26-22(29)17-7-10-20(24)21(28)12-17/h5-13,28H,4H2,1-3H3,(H,26,29)/b25-13-. The molecule has 0 saturated heterocycles. The Kier molecular flexibility index (Phi) is 7.11. The number of nitrogens with zero attached hydrogens (tertiary/aromatic N) is 2. The first kappa shape index (κ1) is 22.5. The molecule has 3 aromatic rings. The number of phenolic OH excluding ortho intramolecular Hbond substituents is 1. The highest BCUT2D eigenvalue weighted by Gasteiger charge is 2.12. The van der Waals surface area contributed by atoms with E-state index in [2.05, 4.69) is 10.5 Å². The summed E-state index contributed by atoms with van der Waals surface area (Å²) in [6.07, 6.45) is 1.58. The lowest BCUT2D eigenvalue weighted by Crippen LogP contribution is -2.17. The topological polar surface area (TPSA) is 92.9 Å². The summed E-state index contributed by atoms with van der Waals surface area (Å²) in [7, 11) is 0. The summed E-state index contributed by atoms with van der Waals surface area (Å²) in [4.78, 5) is 24.1. The van der Waals surface area contributed by atoms with Crippen LogP contribution in [0.1, 0.15) is 44.6 Å². The fraction of sp³-hybridized carbons (Fsp3) is 0.174. The molecule has 0 atom stereocenters. The molecule has 0 aliphatic carbocycles. The van der Waals surface area contributed by atoms with Crippen molar-refractivity contribution in [2.75, 3.05) is 6.61 Å². The highest BCUT2D eigenvalue weighted by molar-refractivity contribution is 14.1. The zero-order chi connectivity index (χ0) is 22.5. The van der Waals surface area contributed by atoms with Crippen LogP contribution in [0.25, 0.3) is 5.69 Å². The Bertz CT molecular complexity index is 1150. The Morgan fingerprint density at radius 2 is 1.81 bits per heavy atom. The molecule has 0 aliphatic rings. The van der Waals surface area contributed by atoms with Gasteiger partial charge in [-0.2, -0.15) is 5.10 Å². The quantitative estimate of drug-likeness (QED) is 0.214. The van der Waals surface area contributed by atoms with Crippen molar-refractivity contribution in [2.45, 2.75) is 20.8 Å². The molecule has 0 fully saturated rings. The SMILES string of the molecule is CCOC(=O)c1ccc(-n2c(C)cc(/C=N\NC(=O)c3ccc(I)c(O)c3)c2C)cc1. The maximum Gasteiger partial charge on any atom is 0.338 e. The molecule has 0 aliphatic heterocycles. The number of carbonyl (C=O) groups is 2. The van der Waals surface area contributed by atoms with E-state index in [1.54, 1.807) is 37.4 Å². The number of amides is 1. The second-order valence-corrected chi connectivity index (χ2v) is 7.96. The Morgan fingerprint density at radius 3 is 2.45 bits per heavy atom. The second kappa shape index (κ2) is 9.78. The van der Waals surface area contributed by atoms with Gasteiger partial charge in [-0.05, 0) is 91.9 Å². The van der Waals surface area contributed by atoms with Crippen LogP contribution in [0.2, 0.25) is 0 Å². The normalized spacial score (nSPS) is 11.0. The molecule has 1 amide bonds. The molecule has 0 bridgehead atoms. The van der Waals surface area contributed by atoms with Gasteiger partial charge in [-0.1, -0.05) is 0 Å². The number of aromatic hydroxyl groups is 1. The number of hydrazone groups is 1. The Labute approximate surface area is 193 Å². The van der Waals surface area contributed by atoms with Crippen LogP contribution >= 0.6 is 22.6 Å². The van der Waals surface area contributed by atoms with E-state index < -0.39 is 5.91 Å². The number of aryl methyl sites for hydroxylation is 1. The Hall–Kier alpha value is -3.14. The minimum Gasteiger partial charge on any atom is -0.507 e. The van der Waals surface area contributed by atoms with Crippen LogP contribution in [0.5, 0.6) is 5.75 Å². The Balaban J connectivity index is 1.75. The predicted molar refractivity (Wildman–Crippen MR) is 127 cm³/mol. The van der Waals surface area contributed by atoms with Crippen molar-refractivity contribution in [1.29, 1.82) is 0 Å². The van der Waals surface area contributed by atoms with Gasteiger partial charge in [0, 0.05) is 28.2 Å². The van der Waals surface area contributed by atoms with E-state index in [1.807, 2.05) is 59.2 Å². The summed E-state index contributed by atoms with van der Waals surface area (Å²) in [5, 5.41) is 13.8. The van der Waals surface area contributed by atoms with Crippen LogP contribution in [0.4, 0.5) is 0 Å². The average Bonchev–Trinajstić information content (AvgIpc) is 3.03. The molecule has 7 nitrogen and oxygen atoms in total. The molecule has 0 spiro atoms. The molecule has 0 unspecified atom stereocenters. The minimum absolute atomic E-state index is 0.0507. The molecule has 0 saturated carbocycles. The number of ether oxygens (including phenoxy) is 1. The van der Waals surface area contributed by atoms with E-state index in [1.165, 1.54) is 6.07 Å². The average molecular weight is 531 g/mol. The van der Waals surface area contributed by atoms with Gasteiger partial charge >= 0.3 is 5.97 Å². The molecule has 1 heterocycles. The summed E-state index contributed by atoms with van der Waals surface area (Å²) in [5.74, 6) is -0.707. The molecular formula is C23H22IN3O4. The lowest BCUT2D eigenvalue weighted by atomic mass is 10.2. The number of aromatic nitrogens is 1. The fourth-order valence-corrected chi connectivity index (χ4v) is 3.49. The Morgan fingerprint density at radius 1 is 1.13 bits per heavy atom. The van der Waals surface area contributed by atoms with E-state index >= 15 is 0 Å². The molecule has 0 radical (unpaired) electrons. The summed E-state index contributed by atoms with van der Waals surface area (Å²) in [5.41, 5.74) is 6.97. The first-order chi connectivity index (χ1) is 14.8. The third-order valence-electron chi connectivity index (χ3n) is 4.68. The number of rotatable bonds is 6. The van der Waals surface area contributed by atoms with Crippen molar-refractivity contribution in [3.8, 4) is 11.4 Å². The van der Waals surface area contributed by atoms with Crippen molar-refractivity contribution in [2.24, 2.45) is 5.10 Å². The van der Waals surface area contributed by atoms with E-state index in [0.717, 1.165) is 22.6 Å². The second-order valence-electron chi connectivity index (χ2n) is 6.79. The maximum atomic E-state index is 12.2. The number of carbonyl (C=O) groups excluding carboxylic acids is 2. The van der Waals surface area contributed by atoms with Crippen molar-refractivity contribution in [1.82, 2.24) is 9.99 Å². The van der Waals surface area contributed by atoms with Crippen molar-refractivity contribution < 1.29 is 19.4 Å². The van der Waals surface area contributed by atoms with Crippen LogP contribution in [-0.4, -0.2) is 34.4 Å². The van der Waals surface area contributed by atoms with Crippen LogP contribution in [0, 0.1) is 17.4 Å². The monoisotopic (exact) mass is 531 g/mol. The van der Waals surface area contributed by atoms with Crippen molar-refractivity contribution in [3.63, 3.8) is 0 Å². The van der Waals surface area contributed by atoms with Crippen LogP contribution in [-0.2, 0) is 4.74 Å². The van der Waals surface area contributed by atoms with Gasteiger partial charge in [-0.15, -0.1) is 0 Å². The first-order valence-corrected chi connectivity index (χ1v) is 10.7. The lowest BCUT2D eigenvalue weighted by molar-refractivity contribution is 0.0526. The van der Waals surface area contributed by atoms with Crippen LogP contribution in [0.15, 0.2) is 53.6 Å². The maximum absolute atomic E-state index is 12.2. The van der Waals surface area contributed by atoms with Gasteiger partial charge in [-0.25, -0.2) is 10.2 Å². The highest BCUT2D eigenvalue weighted by atomic mass is 127. The molecule has 1 aromatic heterocycles. The molecule has 160 valence electrons. The zero-order valence-corrected chi connectivity index (χ0v) is 19.5. The van der Waals surface area contributed by atoms with E-state index in [0.29, 0.717) is 21.3 Å². The van der Waals surface area contributed by atoms with Gasteiger partial charge in [0.25, 0.3) is 5.91 Å². The molecule has 2 aromatic carbocycles. The van der Waals surface area contributed by atoms with Crippen molar-refractivity contribution >= 4 is 40.7 Å². The number of nitrogens with one attached hydrogen (secondary N) is 1. The van der Waals surface area contributed by atoms with Gasteiger partial charge in [0.2, 0.25) is 0 Å². The van der Waals surface area contributed by atoms with E-state index in [9.17, 15) is 14.7 Å². The first-order valence-electron chi connectivity index (χ1n) is 9.60. The van der Waals surface area contributed by atoms with Crippen molar-refractivity contribution in [3.05, 3.63) is 80.2 Å².